The highest BCUT2D eigenvalue weighted by Crippen LogP contribution is 1.97. The molecule has 0 aliphatic heterocycles. The summed E-state index contributed by atoms with van der Waals surface area (Å²) >= 11 is 0. The van der Waals surface area contributed by atoms with Crippen molar-refractivity contribution in [3.8, 4) is 0 Å². The molecule has 3 heteroatoms. The summed E-state index contributed by atoms with van der Waals surface area (Å²) in [4.78, 5) is 16.1. The zero-order valence-electron chi connectivity index (χ0n) is 8.07. The summed E-state index contributed by atoms with van der Waals surface area (Å²) in [6.07, 6.45) is 4.15. The molecule has 0 saturated heterocycles. The van der Waals surface area contributed by atoms with Crippen molar-refractivity contribution in [3.63, 3.8) is 0 Å². The zero-order chi connectivity index (χ0) is 10.2. The quantitative estimate of drug-likeness (QED) is 0.585. The van der Waals surface area contributed by atoms with Crippen LogP contribution in [0.3, 0.4) is 0 Å². The van der Waals surface area contributed by atoms with E-state index in [1.54, 1.807) is 24.3 Å². The molecule has 1 N–H and O–H groups in total. The van der Waals surface area contributed by atoms with Crippen molar-refractivity contribution in [2.24, 2.45) is 0 Å². The van der Waals surface area contributed by atoms with Crippen LogP contribution in [0.4, 0.5) is 0 Å². The van der Waals surface area contributed by atoms with Crippen LogP contribution < -0.4 is 5.48 Å². The molecular weight excluding hydrogens is 178 g/mol. The summed E-state index contributed by atoms with van der Waals surface area (Å²) < 4.78 is 0. The van der Waals surface area contributed by atoms with Gasteiger partial charge in [0.15, 0.2) is 0 Å². The number of hydroxylamine groups is 1. The largest absolute Gasteiger partial charge is 0.387 e. The number of hydrogen-bond acceptors (Lipinski definition) is 2. The third kappa shape index (κ3) is 3.31. The van der Waals surface area contributed by atoms with Crippen molar-refractivity contribution < 1.29 is 9.63 Å². The van der Waals surface area contributed by atoms with Gasteiger partial charge in [0.05, 0.1) is 0 Å². The summed E-state index contributed by atoms with van der Waals surface area (Å²) in [6.45, 7) is 1.98. The fourth-order valence-electron chi connectivity index (χ4n) is 0.880. The van der Waals surface area contributed by atoms with E-state index in [2.05, 4.69) is 5.48 Å². The second-order valence-electron chi connectivity index (χ2n) is 2.70. The second kappa shape index (κ2) is 5.80. The number of carbonyl (C=O) groups is 1. The number of hydrogen-bond donors (Lipinski definition) is 1. The maximum Gasteiger partial charge on any atom is 0.283 e. The fourth-order valence-corrected chi connectivity index (χ4v) is 0.880. The minimum Gasteiger partial charge on any atom is -0.387 e. The zero-order valence-corrected chi connectivity index (χ0v) is 8.07. The lowest BCUT2D eigenvalue weighted by atomic mass is 10.2. The Labute approximate surface area is 83.3 Å². The summed E-state index contributed by atoms with van der Waals surface area (Å²) in [5.41, 5.74) is 2.89. The van der Waals surface area contributed by atoms with Crippen LogP contribution in [0.1, 0.15) is 23.7 Å². The number of amides is 1. The van der Waals surface area contributed by atoms with E-state index in [-0.39, 0.29) is 5.91 Å². The highest BCUT2D eigenvalue weighted by molar-refractivity contribution is 5.93. The number of benzene rings is 1. The van der Waals surface area contributed by atoms with Crippen LogP contribution in [0.2, 0.25) is 0 Å². The summed E-state index contributed by atoms with van der Waals surface area (Å²) in [5.74, 6) is -0.244. The van der Waals surface area contributed by atoms with Gasteiger partial charge in [-0.25, -0.2) is 0 Å². The molecule has 1 amide bonds. The molecule has 0 aliphatic rings. The van der Waals surface area contributed by atoms with E-state index >= 15 is 0 Å². The molecule has 3 nitrogen and oxygen atoms in total. The average Bonchev–Trinajstić information content (AvgIpc) is 2.25. The smallest absolute Gasteiger partial charge is 0.283 e. The lowest BCUT2D eigenvalue weighted by Gasteiger charge is -2.02. The standard InChI is InChI=1S/C11H13NO2/c1-2-3-9-14-12-11(13)10-7-5-4-6-8-10/h3-9H,2H2,1H3,(H,12,13). The van der Waals surface area contributed by atoms with Gasteiger partial charge in [0.2, 0.25) is 0 Å². The topological polar surface area (TPSA) is 38.3 Å². The van der Waals surface area contributed by atoms with Crippen LogP contribution in [-0.4, -0.2) is 5.91 Å². The Bertz CT molecular complexity index is 306. The molecule has 0 aliphatic carbocycles. The van der Waals surface area contributed by atoms with Crippen molar-refractivity contribution in [1.82, 2.24) is 5.48 Å². The first-order valence-electron chi connectivity index (χ1n) is 4.50. The third-order valence-electron chi connectivity index (χ3n) is 1.59. The lowest BCUT2D eigenvalue weighted by molar-refractivity contribution is 0.0654. The predicted octanol–water partition coefficient (Wildman–Crippen LogP) is 2.27. The molecular formula is C11H13NO2. The van der Waals surface area contributed by atoms with Crippen LogP contribution in [-0.2, 0) is 4.84 Å². The summed E-state index contributed by atoms with van der Waals surface area (Å²) in [5, 5.41) is 0. The van der Waals surface area contributed by atoms with Gasteiger partial charge in [0.25, 0.3) is 5.91 Å². The van der Waals surface area contributed by atoms with Gasteiger partial charge in [-0.15, -0.1) is 0 Å². The Kier molecular flexibility index (Phi) is 4.27. The fraction of sp³-hybridized carbons (Fsp3) is 0.182. The van der Waals surface area contributed by atoms with Crippen LogP contribution in [0.15, 0.2) is 42.7 Å². The van der Waals surface area contributed by atoms with E-state index < -0.39 is 0 Å². The van der Waals surface area contributed by atoms with E-state index in [0.717, 1.165) is 6.42 Å². The van der Waals surface area contributed by atoms with Gasteiger partial charge in [-0.1, -0.05) is 25.1 Å². The molecule has 1 aromatic rings. The molecule has 0 radical (unpaired) electrons. The van der Waals surface area contributed by atoms with Crippen molar-refractivity contribution in [2.45, 2.75) is 13.3 Å². The number of allylic oxidation sites excluding steroid dienone is 1. The third-order valence-corrected chi connectivity index (χ3v) is 1.59. The van der Waals surface area contributed by atoms with Gasteiger partial charge in [-0.3, -0.25) is 4.79 Å². The SMILES string of the molecule is CCC=CONC(=O)c1ccccc1. The molecule has 0 fully saturated rings. The molecule has 0 unspecified atom stereocenters. The Morgan fingerprint density at radius 2 is 2.14 bits per heavy atom. The molecule has 0 bridgehead atoms. The average molecular weight is 191 g/mol. The summed E-state index contributed by atoms with van der Waals surface area (Å²) in [6, 6.07) is 8.91. The summed E-state index contributed by atoms with van der Waals surface area (Å²) in [7, 11) is 0. The normalized spacial score (nSPS) is 10.1. The van der Waals surface area contributed by atoms with Gasteiger partial charge in [-0.2, -0.15) is 5.48 Å². The van der Waals surface area contributed by atoms with E-state index in [9.17, 15) is 4.79 Å². The first kappa shape index (κ1) is 10.3. The van der Waals surface area contributed by atoms with Crippen LogP contribution in [0, 0.1) is 0 Å². The van der Waals surface area contributed by atoms with Gasteiger partial charge in [0, 0.05) is 5.56 Å². The Balaban J connectivity index is 2.40. The molecule has 0 atom stereocenters. The van der Waals surface area contributed by atoms with Crippen LogP contribution in [0.5, 0.6) is 0 Å². The Morgan fingerprint density at radius 3 is 2.79 bits per heavy atom. The van der Waals surface area contributed by atoms with E-state index in [1.807, 2.05) is 19.1 Å². The lowest BCUT2D eigenvalue weighted by Crippen LogP contribution is -2.21. The van der Waals surface area contributed by atoms with E-state index in [4.69, 9.17) is 4.84 Å². The Morgan fingerprint density at radius 1 is 1.43 bits per heavy atom. The molecule has 0 heterocycles. The molecule has 0 aromatic heterocycles. The Hall–Kier alpha value is -1.77. The van der Waals surface area contributed by atoms with Crippen LogP contribution >= 0.6 is 0 Å². The van der Waals surface area contributed by atoms with Crippen LogP contribution in [0.25, 0.3) is 0 Å². The molecule has 1 rings (SSSR count). The maximum absolute atomic E-state index is 11.3. The van der Waals surface area contributed by atoms with Crippen molar-refractivity contribution >= 4 is 5.91 Å². The minimum absolute atomic E-state index is 0.244. The van der Waals surface area contributed by atoms with Crippen molar-refractivity contribution in [2.75, 3.05) is 0 Å². The monoisotopic (exact) mass is 191 g/mol. The number of rotatable bonds is 4. The highest BCUT2D eigenvalue weighted by atomic mass is 16.6. The van der Waals surface area contributed by atoms with Gasteiger partial charge >= 0.3 is 0 Å². The van der Waals surface area contributed by atoms with Gasteiger partial charge in [-0.05, 0) is 24.6 Å². The van der Waals surface area contributed by atoms with E-state index in [0.29, 0.717) is 5.56 Å². The number of nitrogens with one attached hydrogen (secondary N) is 1. The second-order valence-corrected chi connectivity index (χ2v) is 2.70. The van der Waals surface area contributed by atoms with E-state index in [1.165, 1.54) is 6.26 Å². The molecule has 1 aromatic carbocycles. The van der Waals surface area contributed by atoms with Crippen molar-refractivity contribution in [3.05, 3.63) is 48.2 Å². The highest BCUT2D eigenvalue weighted by Gasteiger charge is 2.01. The first-order chi connectivity index (χ1) is 6.84. The molecule has 0 spiro atoms. The molecule has 14 heavy (non-hydrogen) atoms. The van der Waals surface area contributed by atoms with Gasteiger partial charge < -0.3 is 4.84 Å². The predicted molar refractivity (Wildman–Crippen MR) is 54.4 cm³/mol. The molecule has 74 valence electrons. The molecule has 0 saturated carbocycles. The minimum atomic E-state index is -0.244. The maximum atomic E-state index is 11.3. The number of carbonyl (C=O) groups excluding carboxylic acids is 1. The first-order valence-corrected chi connectivity index (χ1v) is 4.50. The van der Waals surface area contributed by atoms with Crippen molar-refractivity contribution in [1.29, 1.82) is 0 Å². The van der Waals surface area contributed by atoms with Gasteiger partial charge in [0.1, 0.15) is 6.26 Å².